The second-order valence-electron chi connectivity index (χ2n) is 21.3. The molecule has 0 aromatic rings. The molecule has 6 heteroatoms. The molecule has 0 amide bonds. The largest absolute Gasteiger partial charge is 0.462 e. The molecule has 0 saturated heterocycles. The topological polar surface area (TPSA) is 78.9 Å². The molecule has 464 valence electrons. The van der Waals surface area contributed by atoms with Crippen LogP contribution in [0.25, 0.3) is 0 Å². The Morgan fingerprint density at radius 1 is 0.253 bits per heavy atom. The molecule has 0 aliphatic rings. The summed E-state index contributed by atoms with van der Waals surface area (Å²) in [6, 6.07) is 0. The molecular formula is C77H120O6. The van der Waals surface area contributed by atoms with E-state index in [9.17, 15) is 14.4 Å². The van der Waals surface area contributed by atoms with Crippen LogP contribution in [0.2, 0.25) is 0 Å². The Labute approximate surface area is 510 Å². The van der Waals surface area contributed by atoms with Crippen molar-refractivity contribution in [1.82, 2.24) is 0 Å². The van der Waals surface area contributed by atoms with Gasteiger partial charge >= 0.3 is 17.9 Å². The standard InChI is InChI=1S/C77H120O6/c1-4-7-10-13-16-19-21-23-25-27-29-31-32-33-34-35-36-37-38-39-40-41-42-43-44-46-47-49-51-53-55-58-61-64-67-70-76(79)82-73-74(72-81-75(78)69-66-63-60-57-18-15-12-9-6-3)83-77(80)71-68-65-62-59-56-54-52-50-48-45-30-28-26-24-22-20-17-14-11-8-5-2/h7-8,10-11,16-17,19-20,23-26,29-31,33-34,36-37,39-40,42-43,45-47,50-53,74H,4-6,9,12-15,18,21-22,27-28,32,35,38,41,44,48-49,54-73H2,1-3H3/b10-7-,11-8-,19-16-,20-17-,25-23-,26-24-,31-29-,34-33-,37-36-,40-39-,43-42-,45-30-,47-46-,52-50-,53-51-. The SMILES string of the molecule is CC/C=C\C/C=C\C/C=C\C/C=C\C/C=C\C/C=C\C/C=C\C/C=C\C/C=C\C/C=C\CCCCCCC(=O)OCC(COC(=O)CCCCCCCCCCC)OC(=O)CCCCCCC/C=C\C/C=C\C/C=C\C/C=C\C/C=C\CC. The lowest BCUT2D eigenvalue weighted by Crippen LogP contribution is -2.30. The fourth-order valence-electron chi connectivity index (χ4n) is 8.50. The minimum Gasteiger partial charge on any atom is -0.462 e. The Kier molecular flexibility index (Phi) is 64.4. The number of allylic oxidation sites excluding steroid dienone is 30. The van der Waals surface area contributed by atoms with Gasteiger partial charge in [0.05, 0.1) is 0 Å². The summed E-state index contributed by atoms with van der Waals surface area (Å²) in [5.41, 5.74) is 0. The van der Waals surface area contributed by atoms with Crippen molar-refractivity contribution < 1.29 is 28.6 Å². The first-order valence-corrected chi connectivity index (χ1v) is 33.3. The van der Waals surface area contributed by atoms with Crippen molar-refractivity contribution in [3.8, 4) is 0 Å². The van der Waals surface area contributed by atoms with Gasteiger partial charge in [0, 0.05) is 19.3 Å². The van der Waals surface area contributed by atoms with Crippen LogP contribution < -0.4 is 0 Å². The highest BCUT2D eigenvalue weighted by molar-refractivity contribution is 5.71. The fraction of sp³-hybridized carbons (Fsp3) is 0.571. The van der Waals surface area contributed by atoms with E-state index in [1.54, 1.807) is 0 Å². The first kappa shape index (κ1) is 77.5. The number of carbonyl (C=O) groups is 3. The monoisotopic (exact) mass is 1140 g/mol. The van der Waals surface area contributed by atoms with E-state index in [2.05, 4.69) is 203 Å². The van der Waals surface area contributed by atoms with Crippen LogP contribution in [0.4, 0.5) is 0 Å². The van der Waals surface area contributed by atoms with Crippen LogP contribution in [-0.2, 0) is 28.6 Å². The minimum absolute atomic E-state index is 0.101. The van der Waals surface area contributed by atoms with Gasteiger partial charge in [-0.15, -0.1) is 0 Å². The quantitative estimate of drug-likeness (QED) is 0.0261. The molecule has 0 aliphatic heterocycles. The maximum atomic E-state index is 12.9. The number of hydrogen-bond acceptors (Lipinski definition) is 6. The molecule has 0 radical (unpaired) electrons. The third-order valence-electron chi connectivity index (χ3n) is 13.4. The van der Waals surface area contributed by atoms with Crippen molar-refractivity contribution in [3.63, 3.8) is 0 Å². The number of carbonyl (C=O) groups excluding carboxylic acids is 3. The first-order chi connectivity index (χ1) is 41.0. The Hall–Kier alpha value is -5.49. The molecule has 0 heterocycles. The van der Waals surface area contributed by atoms with Crippen LogP contribution in [0.3, 0.4) is 0 Å². The van der Waals surface area contributed by atoms with E-state index in [4.69, 9.17) is 14.2 Å². The van der Waals surface area contributed by atoms with E-state index in [-0.39, 0.29) is 31.1 Å². The van der Waals surface area contributed by atoms with Gasteiger partial charge in [-0.25, -0.2) is 0 Å². The number of unbranched alkanes of at least 4 members (excludes halogenated alkanes) is 17. The summed E-state index contributed by atoms with van der Waals surface area (Å²) in [6.45, 7) is 6.34. The molecule has 0 aliphatic carbocycles. The Morgan fingerprint density at radius 3 is 0.735 bits per heavy atom. The maximum absolute atomic E-state index is 12.9. The second-order valence-corrected chi connectivity index (χ2v) is 21.3. The lowest BCUT2D eigenvalue weighted by Gasteiger charge is -2.18. The van der Waals surface area contributed by atoms with E-state index < -0.39 is 6.10 Å². The zero-order valence-corrected chi connectivity index (χ0v) is 53.1. The van der Waals surface area contributed by atoms with Crippen LogP contribution in [0.15, 0.2) is 182 Å². The molecular weight excluding hydrogens is 1020 g/mol. The highest BCUT2D eigenvalue weighted by Gasteiger charge is 2.19. The molecule has 0 spiro atoms. The number of esters is 3. The van der Waals surface area contributed by atoms with Gasteiger partial charge in [-0.2, -0.15) is 0 Å². The van der Waals surface area contributed by atoms with Gasteiger partial charge in [0.1, 0.15) is 13.2 Å². The van der Waals surface area contributed by atoms with Gasteiger partial charge in [-0.1, -0.05) is 287 Å². The van der Waals surface area contributed by atoms with Crippen molar-refractivity contribution >= 4 is 17.9 Å². The molecule has 0 aromatic carbocycles. The highest BCUT2D eigenvalue weighted by Crippen LogP contribution is 2.14. The van der Waals surface area contributed by atoms with Crippen LogP contribution >= 0.6 is 0 Å². The summed E-state index contributed by atoms with van der Waals surface area (Å²) in [4.78, 5) is 38.2. The Morgan fingerprint density at radius 2 is 0.470 bits per heavy atom. The second kappa shape index (κ2) is 69.0. The third kappa shape index (κ3) is 67.2. The van der Waals surface area contributed by atoms with Crippen LogP contribution in [-0.4, -0.2) is 37.2 Å². The third-order valence-corrected chi connectivity index (χ3v) is 13.4. The van der Waals surface area contributed by atoms with E-state index in [1.165, 1.54) is 38.5 Å². The molecule has 0 N–H and O–H groups in total. The number of ether oxygens (including phenoxy) is 3. The number of rotatable bonds is 58. The Balaban J connectivity index is 4.32. The van der Waals surface area contributed by atoms with Crippen molar-refractivity contribution in [2.45, 2.75) is 271 Å². The predicted octanol–water partition coefficient (Wildman–Crippen LogP) is 23.2. The summed E-state index contributed by atoms with van der Waals surface area (Å²) in [5.74, 6) is -0.955. The van der Waals surface area contributed by atoms with E-state index >= 15 is 0 Å². The molecule has 0 saturated carbocycles. The molecule has 0 aromatic heterocycles. The first-order valence-electron chi connectivity index (χ1n) is 33.3. The van der Waals surface area contributed by atoms with Gasteiger partial charge in [-0.05, 0) is 141 Å². The molecule has 83 heavy (non-hydrogen) atoms. The number of hydrogen-bond donors (Lipinski definition) is 0. The van der Waals surface area contributed by atoms with Crippen molar-refractivity contribution in [3.05, 3.63) is 182 Å². The van der Waals surface area contributed by atoms with E-state index in [0.29, 0.717) is 19.3 Å². The molecule has 1 atom stereocenters. The minimum atomic E-state index is -0.807. The summed E-state index contributed by atoms with van der Waals surface area (Å²) in [7, 11) is 0. The van der Waals surface area contributed by atoms with Gasteiger partial charge < -0.3 is 14.2 Å². The fourth-order valence-corrected chi connectivity index (χ4v) is 8.50. The zero-order valence-electron chi connectivity index (χ0n) is 53.1. The van der Waals surface area contributed by atoms with Crippen molar-refractivity contribution in [1.29, 1.82) is 0 Å². The Bertz CT molecular complexity index is 1940. The normalized spacial score (nSPS) is 13.3. The molecule has 6 nitrogen and oxygen atoms in total. The highest BCUT2D eigenvalue weighted by atomic mass is 16.6. The van der Waals surface area contributed by atoms with Crippen LogP contribution in [0, 0.1) is 0 Å². The van der Waals surface area contributed by atoms with Gasteiger partial charge in [0.25, 0.3) is 0 Å². The average molecular weight is 1140 g/mol. The summed E-state index contributed by atoms with van der Waals surface area (Å²) < 4.78 is 16.8. The smallest absolute Gasteiger partial charge is 0.306 e. The van der Waals surface area contributed by atoms with Crippen LogP contribution in [0.1, 0.15) is 265 Å². The summed E-state index contributed by atoms with van der Waals surface area (Å²) in [5, 5.41) is 0. The lowest BCUT2D eigenvalue weighted by molar-refractivity contribution is -0.167. The predicted molar refractivity (Wildman–Crippen MR) is 361 cm³/mol. The van der Waals surface area contributed by atoms with Crippen LogP contribution in [0.5, 0.6) is 0 Å². The van der Waals surface area contributed by atoms with Crippen molar-refractivity contribution in [2.75, 3.05) is 13.2 Å². The van der Waals surface area contributed by atoms with Crippen molar-refractivity contribution in [2.24, 2.45) is 0 Å². The molecule has 0 rings (SSSR count). The van der Waals surface area contributed by atoms with Gasteiger partial charge in [0.2, 0.25) is 0 Å². The van der Waals surface area contributed by atoms with Gasteiger partial charge in [0.15, 0.2) is 6.10 Å². The summed E-state index contributed by atoms with van der Waals surface area (Å²) >= 11 is 0. The van der Waals surface area contributed by atoms with Gasteiger partial charge in [-0.3, -0.25) is 14.4 Å². The van der Waals surface area contributed by atoms with E-state index in [0.717, 1.165) is 186 Å². The summed E-state index contributed by atoms with van der Waals surface area (Å²) in [6.07, 6.45) is 103. The molecule has 1 unspecified atom stereocenters. The maximum Gasteiger partial charge on any atom is 0.306 e. The molecule has 0 bridgehead atoms. The zero-order chi connectivity index (χ0) is 59.9. The lowest BCUT2D eigenvalue weighted by atomic mass is 10.1. The van der Waals surface area contributed by atoms with E-state index in [1.807, 2.05) is 0 Å². The molecule has 0 fully saturated rings. The average Bonchev–Trinajstić information content (AvgIpc) is 3.49.